The number of fused-ring (bicyclic) bond motifs is 1. The quantitative estimate of drug-likeness (QED) is 0.767. The molecule has 3 rings (SSSR count). The van der Waals surface area contributed by atoms with Crippen molar-refractivity contribution in [1.29, 1.82) is 0 Å². The van der Waals surface area contributed by atoms with Gasteiger partial charge in [0.1, 0.15) is 18.0 Å². The molecule has 5 nitrogen and oxygen atoms in total. The predicted molar refractivity (Wildman–Crippen MR) is 99.6 cm³/mol. The largest absolute Gasteiger partial charge is 0.497 e. The number of methoxy groups -OCH3 is 2. The topological polar surface area (TPSA) is 52.5 Å². The number of carbonyl (C=O) groups excluding carboxylic acids is 1. The molecule has 0 saturated carbocycles. The lowest BCUT2D eigenvalue weighted by Crippen LogP contribution is -2.18. The zero-order chi connectivity index (χ0) is 18.0. The fourth-order valence-corrected chi connectivity index (χ4v) is 3.06. The normalized spacial score (nSPS) is 10.7. The van der Waals surface area contributed by atoms with Gasteiger partial charge in [0.15, 0.2) is 0 Å². The molecule has 25 heavy (non-hydrogen) atoms. The van der Waals surface area contributed by atoms with Crippen molar-refractivity contribution in [3.05, 3.63) is 53.7 Å². The number of hydrogen-bond acceptors (Lipinski definition) is 3. The SMILES string of the molecule is COc1cc(OC)c2ccn(CC(=O)Nc3cc(C)cc(C)c3)c2c1. The Balaban J connectivity index is 1.86. The maximum absolute atomic E-state index is 12.5. The van der Waals surface area contributed by atoms with Gasteiger partial charge in [0.2, 0.25) is 5.91 Å². The van der Waals surface area contributed by atoms with Gasteiger partial charge in [-0.1, -0.05) is 6.07 Å². The van der Waals surface area contributed by atoms with E-state index < -0.39 is 0 Å². The number of nitrogens with zero attached hydrogens (tertiary/aromatic N) is 1. The van der Waals surface area contributed by atoms with Gasteiger partial charge in [-0.25, -0.2) is 0 Å². The fraction of sp³-hybridized carbons (Fsp3) is 0.250. The molecule has 0 unspecified atom stereocenters. The minimum atomic E-state index is -0.0794. The van der Waals surface area contributed by atoms with Crippen LogP contribution in [0.2, 0.25) is 0 Å². The van der Waals surface area contributed by atoms with Gasteiger partial charge in [0.25, 0.3) is 0 Å². The molecule has 0 saturated heterocycles. The standard InChI is InChI=1S/C20H22N2O3/c1-13-7-14(2)9-15(8-13)21-20(23)12-22-6-5-17-18(22)10-16(24-3)11-19(17)25-4/h5-11H,12H2,1-4H3,(H,21,23). The molecule has 0 aliphatic carbocycles. The summed E-state index contributed by atoms with van der Waals surface area (Å²) >= 11 is 0. The van der Waals surface area contributed by atoms with Crippen LogP contribution < -0.4 is 14.8 Å². The molecular weight excluding hydrogens is 316 g/mol. The van der Waals surface area contributed by atoms with Gasteiger partial charge in [0.05, 0.1) is 19.7 Å². The summed E-state index contributed by atoms with van der Waals surface area (Å²) in [7, 11) is 3.24. The first-order valence-electron chi connectivity index (χ1n) is 8.09. The number of ether oxygens (including phenoxy) is 2. The van der Waals surface area contributed by atoms with Crippen LogP contribution in [0, 0.1) is 13.8 Å². The van der Waals surface area contributed by atoms with Crippen LogP contribution in [0.5, 0.6) is 11.5 Å². The van der Waals surface area contributed by atoms with Crippen molar-refractivity contribution in [2.75, 3.05) is 19.5 Å². The van der Waals surface area contributed by atoms with Gasteiger partial charge < -0.3 is 19.4 Å². The molecule has 1 N–H and O–H groups in total. The Bertz CT molecular complexity index is 908. The summed E-state index contributed by atoms with van der Waals surface area (Å²) in [5.41, 5.74) is 3.95. The van der Waals surface area contributed by atoms with E-state index in [4.69, 9.17) is 9.47 Å². The molecule has 3 aromatic rings. The lowest BCUT2D eigenvalue weighted by Gasteiger charge is -2.11. The Morgan fingerprint density at radius 2 is 1.76 bits per heavy atom. The number of aryl methyl sites for hydroxylation is 2. The highest BCUT2D eigenvalue weighted by Gasteiger charge is 2.12. The molecule has 0 bridgehead atoms. The first-order chi connectivity index (χ1) is 12.0. The van der Waals surface area contributed by atoms with E-state index in [1.807, 2.05) is 54.9 Å². The second-order valence-electron chi connectivity index (χ2n) is 6.13. The molecule has 2 aromatic carbocycles. The minimum Gasteiger partial charge on any atom is -0.497 e. The van der Waals surface area contributed by atoms with Gasteiger partial charge in [-0.3, -0.25) is 4.79 Å². The summed E-state index contributed by atoms with van der Waals surface area (Å²) in [6, 6.07) is 11.7. The van der Waals surface area contributed by atoms with Crippen molar-refractivity contribution in [3.63, 3.8) is 0 Å². The van der Waals surface area contributed by atoms with E-state index in [-0.39, 0.29) is 12.5 Å². The highest BCUT2D eigenvalue weighted by atomic mass is 16.5. The zero-order valence-corrected chi connectivity index (χ0v) is 14.9. The molecular formula is C20H22N2O3. The average Bonchev–Trinajstić information content (AvgIpc) is 2.95. The molecule has 0 radical (unpaired) electrons. The summed E-state index contributed by atoms with van der Waals surface area (Å²) in [4.78, 5) is 12.5. The third-order valence-corrected chi connectivity index (χ3v) is 4.10. The van der Waals surface area contributed by atoms with Gasteiger partial charge in [-0.15, -0.1) is 0 Å². The monoisotopic (exact) mass is 338 g/mol. The van der Waals surface area contributed by atoms with Crippen LogP contribution in [-0.4, -0.2) is 24.7 Å². The second-order valence-corrected chi connectivity index (χ2v) is 6.13. The van der Waals surface area contributed by atoms with Crippen LogP contribution >= 0.6 is 0 Å². The van der Waals surface area contributed by atoms with Gasteiger partial charge >= 0.3 is 0 Å². The molecule has 0 aliphatic heterocycles. The molecule has 0 aliphatic rings. The average molecular weight is 338 g/mol. The Labute approximate surface area is 147 Å². The van der Waals surface area contributed by atoms with Crippen LogP contribution in [0.4, 0.5) is 5.69 Å². The van der Waals surface area contributed by atoms with Crippen LogP contribution in [0.1, 0.15) is 11.1 Å². The summed E-state index contributed by atoms with van der Waals surface area (Å²) < 4.78 is 12.6. The first-order valence-corrected chi connectivity index (χ1v) is 8.09. The Morgan fingerprint density at radius 1 is 1.04 bits per heavy atom. The number of rotatable bonds is 5. The molecule has 5 heteroatoms. The van der Waals surface area contributed by atoms with Gasteiger partial charge in [-0.2, -0.15) is 0 Å². The van der Waals surface area contributed by atoms with Gasteiger partial charge in [-0.05, 0) is 43.2 Å². The Hall–Kier alpha value is -2.95. The van der Waals surface area contributed by atoms with Crippen LogP contribution in [0.3, 0.4) is 0 Å². The maximum atomic E-state index is 12.5. The molecule has 130 valence electrons. The molecule has 1 heterocycles. The van der Waals surface area contributed by atoms with Crippen LogP contribution in [-0.2, 0) is 11.3 Å². The van der Waals surface area contributed by atoms with E-state index in [9.17, 15) is 4.79 Å². The van der Waals surface area contributed by atoms with E-state index in [0.29, 0.717) is 5.75 Å². The van der Waals surface area contributed by atoms with Crippen molar-refractivity contribution >= 4 is 22.5 Å². The lowest BCUT2D eigenvalue weighted by molar-refractivity contribution is -0.116. The van der Waals surface area contributed by atoms with E-state index >= 15 is 0 Å². The summed E-state index contributed by atoms with van der Waals surface area (Å²) in [5, 5.41) is 3.91. The Morgan fingerprint density at radius 3 is 2.40 bits per heavy atom. The number of hydrogen-bond donors (Lipinski definition) is 1. The summed E-state index contributed by atoms with van der Waals surface area (Å²) in [6.07, 6.45) is 1.88. The Kier molecular flexibility index (Phi) is 4.65. The number of nitrogens with one attached hydrogen (secondary N) is 1. The molecule has 1 amide bonds. The lowest BCUT2D eigenvalue weighted by atomic mass is 10.1. The zero-order valence-electron chi connectivity index (χ0n) is 14.9. The van der Waals surface area contributed by atoms with Crippen molar-refractivity contribution < 1.29 is 14.3 Å². The predicted octanol–water partition coefficient (Wildman–Crippen LogP) is 3.91. The molecule has 0 atom stereocenters. The number of aromatic nitrogens is 1. The summed E-state index contributed by atoms with van der Waals surface area (Å²) in [6.45, 7) is 4.24. The number of benzene rings is 2. The van der Waals surface area contributed by atoms with E-state index in [0.717, 1.165) is 33.5 Å². The third kappa shape index (κ3) is 3.60. The van der Waals surface area contributed by atoms with Crippen LogP contribution in [0.15, 0.2) is 42.6 Å². The fourth-order valence-electron chi connectivity index (χ4n) is 3.06. The van der Waals surface area contributed by atoms with E-state index in [1.165, 1.54) is 0 Å². The number of anilines is 1. The highest BCUT2D eigenvalue weighted by molar-refractivity contribution is 5.93. The number of carbonyl (C=O) groups is 1. The van der Waals surface area contributed by atoms with Crippen molar-refractivity contribution in [2.24, 2.45) is 0 Å². The van der Waals surface area contributed by atoms with E-state index in [1.54, 1.807) is 14.2 Å². The van der Waals surface area contributed by atoms with Gasteiger partial charge in [0, 0.05) is 29.4 Å². The second kappa shape index (κ2) is 6.89. The molecule has 1 aromatic heterocycles. The van der Waals surface area contributed by atoms with Crippen molar-refractivity contribution in [2.45, 2.75) is 20.4 Å². The summed E-state index contributed by atoms with van der Waals surface area (Å²) in [5.74, 6) is 1.34. The maximum Gasteiger partial charge on any atom is 0.244 e. The van der Waals surface area contributed by atoms with Crippen molar-refractivity contribution in [1.82, 2.24) is 4.57 Å². The van der Waals surface area contributed by atoms with Crippen molar-refractivity contribution in [3.8, 4) is 11.5 Å². The first kappa shape index (κ1) is 16.9. The highest BCUT2D eigenvalue weighted by Crippen LogP contribution is 2.31. The molecule has 0 fully saturated rings. The smallest absolute Gasteiger partial charge is 0.244 e. The number of amides is 1. The van der Waals surface area contributed by atoms with Crippen LogP contribution in [0.25, 0.3) is 10.9 Å². The molecule has 0 spiro atoms. The minimum absolute atomic E-state index is 0.0794. The third-order valence-electron chi connectivity index (χ3n) is 4.10. The van der Waals surface area contributed by atoms with E-state index in [2.05, 4.69) is 11.4 Å².